The van der Waals surface area contributed by atoms with Gasteiger partial charge in [0.25, 0.3) is 5.91 Å². The SMILES string of the molecule is COCCOCCCNC(=O)c1cc(C)ccc1Br. The van der Waals surface area contributed by atoms with Crippen molar-refractivity contribution in [1.29, 1.82) is 0 Å². The Labute approximate surface area is 122 Å². The number of hydrogen-bond acceptors (Lipinski definition) is 3. The second-order valence-corrected chi connectivity index (χ2v) is 5.05. The average molecular weight is 330 g/mol. The number of ether oxygens (including phenoxy) is 2. The number of amides is 1. The molecule has 0 bridgehead atoms. The highest BCUT2D eigenvalue weighted by molar-refractivity contribution is 9.10. The second-order valence-electron chi connectivity index (χ2n) is 4.20. The molecular formula is C14H20BrNO3. The van der Waals surface area contributed by atoms with Crippen molar-refractivity contribution in [3.8, 4) is 0 Å². The fraction of sp³-hybridized carbons (Fsp3) is 0.500. The fourth-order valence-electron chi connectivity index (χ4n) is 1.53. The van der Waals surface area contributed by atoms with Crippen molar-refractivity contribution in [2.75, 3.05) is 33.5 Å². The number of carbonyl (C=O) groups excluding carboxylic acids is 1. The number of halogens is 1. The van der Waals surface area contributed by atoms with Crippen LogP contribution in [0.25, 0.3) is 0 Å². The zero-order chi connectivity index (χ0) is 14.1. The average Bonchev–Trinajstić information content (AvgIpc) is 2.40. The largest absolute Gasteiger partial charge is 0.382 e. The van der Waals surface area contributed by atoms with Gasteiger partial charge in [0.15, 0.2) is 0 Å². The molecule has 0 heterocycles. The second kappa shape index (κ2) is 9.07. The Bertz CT molecular complexity index is 410. The van der Waals surface area contributed by atoms with Crippen LogP contribution >= 0.6 is 15.9 Å². The summed E-state index contributed by atoms with van der Waals surface area (Å²) >= 11 is 3.38. The third-order valence-corrected chi connectivity index (χ3v) is 3.24. The van der Waals surface area contributed by atoms with Gasteiger partial charge in [-0.05, 0) is 41.4 Å². The van der Waals surface area contributed by atoms with Crippen LogP contribution in [0.5, 0.6) is 0 Å². The van der Waals surface area contributed by atoms with Crippen LogP contribution in [-0.2, 0) is 9.47 Å². The maximum atomic E-state index is 12.0. The summed E-state index contributed by atoms with van der Waals surface area (Å²) in [6.45, 7) is 4.38. The third-order valence-electron chi connectivity index (χ3n) is 2.55. The Morgan fingerprint density at radius 2 is 2.11 bits per heavy atom. The topological polar surface area (TPSA) is 47.6 Å². The molecule has 0 atom stereocenters. The Balaban J connectivity index is 2.26. The molecule has 0 spiro atoms. The predicted molar refractivity (Wildman–Crippen MR) is 78.5 cm³/mol. The lowest BCUT2D eigenvalue weighted by atomic mass is 10.1. The lowest BCUT2D eigenvalue weighted by molar-refractivity contribution is 0.0688. The van der Waals surface area contributed by atoms with Gasteiger partial charge in [-0.15, -0.1) is 0 Å². The summed E-state index contributed by atoms with van der Waals surface area (Å²) in [4.78, 5) is 12.0. The first-order chi connectivity index (χ1) is 9.15. The van der Waals surface area contributed by atoms with Crippen LogP contribution in [0, 0.1) is 6.92 Å². The minimum Gasteiger partial charge on any atom is -0.382 e. The van der Waals surface area contributed by atoms with E-state index in [-0.39, 0.29) is 5.91 Å². The molecule has 0 aliphatic rings. The zero-order valence-corrected chi connectivity index (χ0v) is 13.0. The van der Waals surface area contributed by atoms with Crippen molar-refractivity contribution in [3.05, 3.63) is 33.8 Å². The highest BCUT2D eigenvalue weighted by Gasteiger charge is 2.09. The van der Waals surface area contributed by atoms with Gasteiger partial charge in [0, 0.05) is 24.7 Å². The molecule has 19 heavy (non-hydrogen) atoms. The van der Waals surface area contributed by atoms with Crippen LogP contribution in [0.15, 0.2) is 22.7 Å². The maximum absolute atomic E-state index is 12.0. The van der Waals surface area contributed by atoms with E-state index in [2.05, 4.69) is 21.2 Å². The van der Waals surface area contributed by atoms with Crippen LogP contribution in [0.2, 0.25) is 0 Å². The fourth-order valence-corrected chi connectivity index (χ4v) is 1.96. The van der Waals surface area contributed by atoms with Crippen LogP contribution < -0.4 is 5.32 Å². The van der Waals surface area contributed by atoms with Gasteiger partial charge in [0.1, 0.15) is 0 Å². The molecule has 1 rings (SSSR count). The van der Waals surface area contributed by atoms with E-state index in [1.807, 2.05) is 25.1 Å². The Kier molecular flexibility index (Phi) is 7.70. The number of rotatable bonds is 8. The molecule has 0 saturated carbocycles. The van der Waals surface area contributed by atoms with Crippen molar-refractivity contribution >= 4 is 21.8 Å². The summed E-state index contributed by atoms with van der Waals surface area (Å²) < 4.78 is 11.0. The van der Waals surface area contributed by atoms with E-state index < -0.39 is 0 Å². The van der Waals surface area contributed by atoms with Crippen LogP contribution in [0.1, 0.15) is 22.3 Å². The number of hydrogen-bond donors (Lipinski definition) is 1. The van der Waals surface area contributed by atoms with E-state index in [0.717, 1.165) is 16.5 Å². The van der Waals surface area contributed by atoms with Crippen LogP contribution in [-0.4, -0.2) is 39.4 Å². The summed E-state index contributed by atoms with van der Waals surface area (Å²) in [5, 5.41) is 2.88. The van der Waals surface area contributed by atoms with Crippen LogP contribution in [0.4, 0.5) is 0 Å². The first-order valence-corrected chi connectivity index (χ1v) is 7.05. The summed E-state index contributed by atoms with van der Waals surface area (Å²) in [5.74, 6) is -0.0625. The number of carbonyl (C=O) groups is 1. The molecule has 1 aromatic rings. The van der Waals surface area contributed by atoms with Gasteiger partial charge < -0.3 is 14.8 Å². The normalized spacial score (nSPS) is 10.5. The van der Waals surface area contributed by atoms with E-state index in [4.69, 9.17) is 9.47 Å². The molecule has 1 amide bonds. The quantitative estimate of drug-likeness (QED) is 0.745. The molecule has 0 aliphatic heterocycles. The minimum atomic E-state index is -0.0625. The van der Waals surface area contributed by atoms with Gasteiger partial charge in [-0.3, -0.25) is 4.79 Å². The first kappa shape index (κ1) is 16.1. The van der Waals surface area contributed by atoms with Gasteiger partial charge in [-0.1, -0.05) is 11.6 Å². The summed E-state index contributed by atoms with van der Waals surface area (Å²) in [5.41, 5.74) is 1.73. The molecule has 0 unspecified atom stereocenters. The number of methoxy groups -OCH3 is 1. The van der Waals surface area contributed by atoms with Crippen molar-refractivity contribution in [2.24, 2.45) is 0 Å². The number of nitrogens with one attached hydrogen (secondary N) is 1. The molecule has 4 nitrogen and oxygen atoms in total. The van der Waals surface area contributed by atoms with Crippen LogP contribution in [0.3, 0.4) is 0 Å². The third kappa shape index (κ3) is 6.18. The van der Waals surface area contributed by atoms with Gasteiger partial charge >= 0.3 is 0 Å². The molecule has 106 valence electrons. The van der Waals surface area contributed by atoms with E-state index in [0.29, 0.717) is 31.9 Å². The lowest BCUT2D eigenvalue weighted by Gasteiger charge is -2.08. The highest BCUT2D eigenvalue weighted by atomic mass is 79.9. The molecule has 0 aliphatic carbocycles. The zero-order valence-electron chi connectivity index (χ0n) is 11.4. The minimum absolute atomic E-state index is 0.0625. The summed E-state index contributed by atoms with van der Waals surface area (Å²) in [6, 6.07) is 5.72. The molecule has 5 heteroatoms. The van der Waals surface area contributed by atoms with E-state index >= 15 is 0 Å². The molecule has 0 fully saturated rings. The smallest absolute Gasteiger partial charge is 0.252 e. The Morgan fingerprint density at radius 1 is 1.32 bits per heavy atom. The molecule has 1 N–H and O–H groups in total. The molecular weight excluding hydrogens is 310 g/mol. The Morgan fingerprint density at radius 3 is 2.84 bits per heavy atom. The first-order valence-electron chi connectivity index (χ1n) is 6.26. The van der Waals surface area contributed by atoms with Gasteiger partial charge in [0.05, 0.1) is 18.8 Å². The van der Waals surface area contributed by atoms with Crippen molar-refractivity contribution in [3.63, 3.8) is 0 Å². The van der Waals surface area contributed by atoms with Gasteiger partial charge in [-0.25, -0.2) is 0 Å². The van der Waals surface area contributed by atoms with E-state index in [1.54, 1.807) is 7.11 Å². The van der Waals surface area contributed by atoms with Gasteiger partial charge in [0.2, 0.25) is 0 Å². The van der Waals surface area contributed by atoms with Crippen molar-refractivity contribution in [2.45, 2.75) is 13.3 Å². The van der Waals surface area contributed by atoms with Crippen molar-refractivity contribution < 1.29 is 14.3 Å². The number of benzene rings is 1. The Hall–Kier alpha value is -0.910. The van der Waals surface area contributed by atoms with Gasteiger partial charge in [-0.2, -0.15) is 0 Å². The summed E-state index contributed by atoms with van der Waals surface area (Å²) in [6.07, 6.45) is 0.791. The predicted octanol–water partition coefficient (Wildman–Crippen LogP) is 2.54. The molecule has 0 saturated heterocycles. The monoisotopic (exact) mass is 329 g/mol. The van der Waals surface area contributed by atoms with E-state index in [9.17, 15) is 4.79 Å². The molecule has 0 aromatic heterocycles. The lowest BCUT2D eigenvalue weighted by Crippen LogP contribution is -2.25. The number of aryl methyl sites for hydroxylation is 1. The summed E-state index contributed by atoms with van der Waals surface area (Å²) in [7, 11) is 1.64. The van der Waals surface area contributed by atoms with Crippen molar-refractivity contribution in [1.82, 2.24) is 5.32 Å². The molecule has 0 radical (unpaired) electrons. The highest BCUT2D eigenvalue weighted by Crippen LogP contribution is 2.17. The standard InChI is InChI=1S/C14H20BrNO3/c1-11-4-5-13(15)12(10-11)14(17)16-6-3-7-19-9-8-18-2/h4-5,10H,3,6-9H2,1-2H3,(H,16,17). The maximum Gasteiger partial charge on any atom is 0.252 e. The molecule has 1 aromatic carbocycles. The van der Waals surface area contributed by atoms with E-state index in [1.165, 1.54) is 0 Å².